The Labute approximate surface area is 138 Å². The van der Waals surface area contributed by atoms with Crippen LogP contribution >= 0.6 is 0 Å². The number of aromatic carboxylic acids is 1. The largest absolute Gasteiger partial charge is 0.477 e. The molecule has 3 rings (SSSR count). The lowest BCUT2D eigenvalue weighted by molar-refractivity contribution is 0.0694. The maximum absolute atomic E-state index is 12.5. The number of fused-ring (bicyclic) bond motifs is 1. The summed E-state index contributed by atoms with van der Waals surface area (Å²) in [5.41, 5.74) is 1.43. The standard InChI is InChI=1S/C19H14N2O3/c20-12-14-5-3-4-13(10-14)8-9-21-17-7-2-1-6-15(17)11-16(18(21)22)19(23)24/h1-7,10-11H,8-9H2,(H,23,24). The lowest BCUT2D eigenvalue weighted by Crippen LogP contribution is -2.27. The van der Waals surface area contributed by atoms with Crippen molar-refractivity contribution in [2.75, 3.05) is 0 Å². The molecule has 3 aromatic rings. The van der Waals surface area contributed by atoms with Crippen molar-refractivity contribution < 1.29 is 9.90 Å². The third-order valence-electron chi connectivity index (χ3n) is 3.91. The van der Waals surface area contributed by atoms with Gasteiger partial charge in [-0.25, -0.2) is 4.79 Å². The fourth-order valence-electron chi connectivity index (χ4n) is 2.74. The van der Waals surface area contributed by atoms with Crippen LogP contribution in [0.25, 0.3) is 10.9 Å². The van der Waals surface area contributed by atoms with E-state index >= 15 is 0 Å². The average Bonchev–Trinajstić information content (AvgIpc) is 2.60. The minimum absolute atomic E-state index is 0.237. The third kappa shape index (κ3) is 2.90. The molecule has 5 nitrogen and oxygen atoms in total. The van der Waals surface area contributed by atoms with Gasteiger partial charge in [0.2, 0.25) is 0 Å². The third-order valence-corrected chi connectivity index (χ3v) is 3.91. The summed E-state index contributed by atoms with van der Waals surface area (Å²) in [4.78, 5) is 23.8. The molecule has 118 valence electrons. The zero-order valence-electron chi connectivity index (χ0n) is 12.8. The van der Waals surface area contributed by atoms with E-state index < -0.39 is 11.5 Å². The minimum Gasteiger partial charge on any atom is -0.477 e. The van der Waals surface area contributed by atoms with E-state index in [0.717, 1.165) is 5.56 Å². The van der Waals surface area contributed by atoms with Crippen LogP contribution in [0.1, 0.15) is 21.5 Å². The molecule has 0 aliphatic carbocycles. The number of carboxylic acids is 1. The number of benzene rings is 2. The van der Waals surface area contributed by atoms with Crippen LogP contribution in [-0.2, 0) is 13.0 Å². The number of nitrogens with zero attached hydrogens (tertiary/aromatic N) is 2. The Hall–Kier alpha value is -3.39. The highest BCUT2D eigenvalue weighted by Crippen LogP contribution is 2.15. The smallest absolute Gasteiger partial charge is 0.341 e. The lowest BCUT2D eigenvalue weighted by Gasteiger charge is -2.12. The number of carbonyl (C=O) groups is 1. The Morgan fingerprint density at radius 3 is 2.67 bits per heavy atom. The number of rotatable bonds is 4. The molecule has 5 heteroatoms. The predicted molar refractivity (Wildman–Crippen MR) is 90.0 cm³/mol. The van der Waals surface area contributed by atoms with Gasteiger partial charge in [0.05, 0.1) is 17.1 Å². The second-order valence-electron chi connectivity index (χ2n) is 5.44. The van der Waals surface area contributed by atoms with E-state index in [1.807, 2.05) is 12.1 Å². The number of hydrogen-bond donors (Lipinski definition) is 1. The molecule has 0 spiro atoms. The van der Waals surface area contributed by atoms with Gasteiger partial charge in [0.15, 0.2) is 0 Å². The Balaban J connectivity index is 2.05. The van der Waals surface area contributed by atoms with Gasteiger partial charge in [-0.05, 0) is 41.6 Å². The highest BCUT2D eigenvalue weighted by molar-refractivity contribution is 5.92. The van der Waals surface area contributed by atoms with Crippen molar-refractivity contribution in [2.24, 2.45) is 0 Å². The summed E-state index contributed by atoms with van der Waals surface area (Å²) >= 11 is 0. The van der Waals surface area contributed by atoms with Crippen molar-refractivity contribution in [3.63, 3.8) is 0 Å². The second kappa shape index (κ2) is 6.39. The number of carboxylic acid groups (broad SMARTS) is 1. The molecule has 0 aliphatic rings. The summed E-state index contributed by atoms with van der Waals surface area (Å²) in [6, 6.07) is 17.9. The van der Waals surface area contributed by atoms with Gasteiger partial charge < -0.3 is 9.67 Å². The van der Waals surface area contributed by atoms with Gasteiger partial charge in [-0.15, -0.1) is 0 Å². The van der Waals surface area contributed by atoms with Crippen molar-refractivity contribution in [1.82, 2.24) is 4.57 Å². The van der Waals surface area contributed by atoms with Crippen molar-refractivity contribution in [3.8, 4) is 6.07 Å². The minimum atomic E-state index is -1.23. The van der Waals surface area contributed by atoms with E-state index in [9.17, 15) is 14.7 Å². The van der Waals surface area contributed by atoms with Crippen LogP contribution in [0.4, 0.5) is 0 Å². The van der Waals surface area contributed by atoms with Crippen LogP contribution in [-0.4, -0.2) is 15.6 Å². The molecule has 0 unspecified atom stereocenters. The molecule has 1 aromatic heterocycles. The van der Waals surface area contributed by atoms with E-state index in [0.29, 0.717) is 29.4 Å². The molecule has 1 N–H and O–H groups in total. The summed E-state index contributed by atoms with van der Waals surface area (Å²) in [6.45, 7) is 0.343. The summed E-state index contributed by atoms with van der Waals surface area (Å²) in [7, 11) is 0. The number of pyridine rings is 1. The molecular formula is C19H14N2O3. The molecule has 1 heterocycles. The van der Waals surface area contributed by atoms with E-state index in [1.165, 1.54) is 10.6 Å². The van der Waals surface area contributed by atoms with Crippen molar-refractivity contribution in [1.29, 1.82) is 5.26 Å². The molecule has 0 fully saturated rings. The fraction of sp³-hybridized carbons (Fsp3) is 0.105. The first kappa shape index (κ1) is 15.5. The average molecular weight is 318 g/mol. The molecule has 0 bridgehead atoms. The quantitative estimate of drug-likeness (QED) is 0.802. The van der Waals surface area contributed by atoms with Crippen LogP contribution in [0.2, 0.25) is 0 Å². The van der Waals surface area contributed by atoms with Crippen molar-refractivity contribution in [2.45, 2.75) is 13.0 Å². The number of para-hydroxylation sites is 1. The van der Waals surface area contributed by atoms with Crippen molar-refractivity contribution >= 4 is 16.9 Å². The van der Waals surface area contributed by atoms with Gasteiger partial charge in [0.25, 0.3) is 5.56 Å². The SMILES string of the molecule is N#Cc1cccc(CCn2c(=O)c(C(=O)O)cc3ccccc32)c1. The second-order valence-corrected chi connectivity index (χ2v) is 5.44. The monoisotopic (exact) mass is 318 g/mol. The van der Waals surface area contributed by atoms with Gasteiger partial charge in [-0.3, -0.25) is 4.79 Å². The highest BCUT2D eigenvalue weighted by Gasteiger charge is 2.14. The van der Waals surface area contributed by atoms with Crippen LogP contribution in [0.5, 0.6) is 0 Å². The summed E-state index contributed by atoms with van der Waals surface area (Å²) in [6.07, 6.45) is 0.530. The number of hydrogen-bond acceptors (Lipinski definition) is 3. The lowest BCUT2D eigenvalue weighted by atomic mass is 10.1. The predicted octanol–water partition coefficient (Wildman–Crippen LogP) is 2.81. The van der Waals surface area contributed by atoms with Gasteiger partial charge in [-0.2, -0.15) is 5.26 Å². The molecule has 0 radical (unpaired) electrons. The van der Waals surface area contributed by atoms with Crippen LogP contribution in [0.3, 0.4) is 0 Å². The first-order valence-corrected chi connectivity index (χ1v) is 7.45. The first-order valence-electron chi connectivity index (χ1n) is 7.45. The number of aryl methyl sites for hydroxylation is 2. The van der Waals surface area contributed by atoms with E-state index in [1.54, 1.807) is 36.4 Å². The van der Waals surface area contributed by atoms with Gasteiger partial charge in [0.1, 0.15) is 5.56 Å². The Bertz CT molecular complexity index is 1030. The maximum atomic E-state index is 12.5. The first-order chi connectivity index (χ1) is 11.6. The van der Waals surface area contributed by atoms with Crippen LogP contribution in [0, 0.1) is 11.3 Å². The summed E-state index contributed by atoms with van der Waals surface area (Å²) in [5, 5.41) is 18.9. The number of aromatic nitrogens is 1. The van der Waals surface area contributed by atoms with E-state index in [4.69, 9.17) is 5.26 Å². The topological polar surface area (TPSA) is 83.1 Å². The zero-order valence-corrected chi connectivity index (χ0v) is 12.8. The Morgan fingerprint density at radius 1 is 1.12 bits per heavy atom. The fourth-order valence-corrected chi connectivity index (χ4v) is 2.74. The molecule has 2 aromatic carbocycles. The van der Waals surface area contributed by atoms with E-state index in [2.05, 4.69) is 6.07 Å². The molecule has 0 aliphatic heterocycles. The molecule has 0 atom stereocenters. The van der Waals surface area contributed by atoms with Crippen LogP contribution < -0.4 is 5.56 Å². The molecule has 24 heavy (non-hydrogen) atoms. The molecule has 0 saturated carbocycles. The van der Waals surface area contributed by atoms with Gasteiger partial charge in [-0.1, -0.05) is 30.3 Å². The Kier molecular flexibility index (Phi) is 4.13. The zero-order chi connectivity index (χ0) is 17.1. The van der Waals surface area contributed by atoms with Gasteiger partial charge in [0, 0.05) is 6.54 Å². The maximum Gasteiger partial charge on any atom is 0.341 e. The normalized spacial score (nSPS) is 10.5. The summed E-state index contributed by atoms with van der Waals surface area (Å²) in [5.74, 6) is -1.23. The highest BCUT2D eigenvalue weighted by atomic mass is 16.4. The number of nitriles is 1. The molecular weight excluding hydrogens is 304 g/mol. The molecule has 0 amide bonds. The van der Waals surface area contributed by atoms with Crippen LogP contribution in [0.15, 0.2) is 59.4 Å². The van der Waals surface area contributed by atoms with Crippen molar-refractivity contribution in [3.05, 3.63) is 81.6 Å². The Morgan fingerprint density at radius 2 is 1.92 bits per heavy atom. The van der Waals surface area contributed by atoms with Gasteiger partial charge >= 0.3 is 5.97 Å². The summed E-state index contributed by atoms with van der Waals surface area (Å²) < 4.78 is 1.48. The van der Waals surface area contributed by atoms with E-state index in [-0.39, 0.29) is 5.56 Å². The molecule has 0 saturated heterocycles.